The maximum absolute atomic E-state index is 11.3. The quantitative estimate of drug-likeness (QED) is 0.779. The highest BCUT2D eigenvalue weighted by Gasteiger charge is 2.12. The number of benzene rings is 1. The second kappa shape index (κ2) is 4.57. The third-order valence-corrected chi connectivity index (χ3v) is 3.09. The van der Waals surface area contributed by atoms with Gasteiger partial charge in [-0.15, -0.1) is 0 Å². The Morgan fingerprint density at radius 1 is 1.21 bits per heavy atom. The zero-order valence-electron chi connectivity index (χ0n) is 10.2. The van der Waals surface area contributed by atoms with Gasteiger partial charge in [-0.05, 0) is 23.8 Å². The molecule has 0 bridgehead atoms. The standard InChI is InChI=1S/C15H12N2O2/c18-15(19)13-5-1-4-12-6-8-17(14(12)13)10-11-3-2-7-16-9-11/h1-9H,10H2,(H,18,19). The second-order valence-corrected chi connectivity index (χ2v) is 4.35. The van der Waals surface area contributed by atoms with E-state index in [1.165, 1.54) is 0 Å². The van der Waals surface area contributed by atoms with E-state index in [-0.39, 0.29) is 0 Å². The summed E-state index contributed by atoms with van der Waals surface area (Å²) < 4.78 is 1.94. The largest absolute Gasteiger partial charge is 0.478 e. The van der Waals surface area contributed by atoms with Crippen LogP contribution in [0, 0.1) is 0 Å². The molecular formula is C15H12N2O2. The molecule has 4 nitrogen and oxygen atoms in total. The van der Waals surface area contributed by atoms with Gasteiger partial charge in [0.05, 0.1) is 11.1 Å². The van der Waals surface area contributed by atoms with Gasteiger partial charge in [-0.3, -0.25) is 4.98 Å². The summed E-state index contributed by atoms with van der Waals surface area (Å²) in [5, 5.41) is 10.2. The van der Waals surface area contributed by atoms with Crippen LogP contribution in [-0.4, -0.2) is 20.6 Å². The van der Waals surface area contributed by atoms with Crippen LogP contribution in [0.5, 0.6) is 0 Å². The summed E-state index contributed by atoms with van der Waals surface area (Å²) in [4.78, 5) is 15.4. The fraction of sp³-hybridized carbons (Fsp3) is 0.0667. The molecule has 0 spiro atoms. The lowest BCUT2D eigenvalue weighted by molar-refractivity contribution is 0.0698. The summed E-state index contributed by atoms with van der Waals surface area (Å²) in [7, 11) is 0. The number of aromatic nitrogens is 2. The molecule has 0 atom stereocenters. The van der Waals surface area contributed by atoms with Crippen molar-refractivity contribution in [2.75, 3.05) is 0 Å². The molecule has 94 valence electrons. The van der Waals surface area contributed by atoms with Crippen molar-refractivity contribution >= 4 is 16.9 Å². The molecule has 1 aromatic carbocycles. The number of pyridine rings is 1. The van der Waals surface area contributed by atoms with Gasteiger partial charge in [0.15, 0.2) is 0 Å². The van der Waals surface area contributed by atoms with Crippen LogP contribution in [0.3, 0.4) is 0 Å². The Balaban J connectivity index is 2.12. The average molecular weight is 252 g/mol. The maximum atomic E-state index is 11.3. The molecule has 0 aliphatic heterocycles. The van der Waals surface area contributed by atoms with Gasteiger partial charge in [0.2, 0.25) is 0 Å². The number of para-hydroxylation sites is 1. The molecule has 0 aliphatic carbocycles. The van der Waals surface area contributed by atoms with Crippen molar-refractivity contribution in [3.8, 4) is 0 Å². The van der Waals surface area contributed by atoms with E-state index in [1.807, 2.05) is 35.0 Å². The van der Waals surface area contributed by atoms with Gasteiger partial charge in [0.1, 0.15) is 0 Å². The minimum Gasteiger partial charge on any atom is -0.478 e. The van der Waals surface area contributed by atoms with Crippen LogP contribution >= 0.6 is 0 Å². The molecule has 2 aromatic heterocycles. The van der Waals surface area contributed by atoms with Crippen molar-refractivity contribution in [1.82, 2.24) is 9.55 Å². The predicted molar refractivity (Wildman–Crippen MR) is 72.2 cm³/mol. The molecule has 0 radical (unpaired) electrons. The van der Waals surface area contributed by atoms with Crippen LogP contribution in [0.15, 0.2) is 55.0 Å². The SMILES string of the molecule is O=C(O)c1cccc2ccn(Cc3cccnc3)c12. The predicted octanol–water partition coefficient (Wildman–Crippen LogP) is 2.78. The lowest BCUT2D eigenvalue weighted by atomic mass is 10.1. The van der Waals surface area contributed by atoms with Gasteiger partial charge < -0.3 is 9.67 Å². The molecule has 0 fully saturated rings. The minimum atomic E-state index is -0.906. The Morgan fingerprint density at radius 2 is 2.11 bits per heavy atom. The molecule has 0 aliphatic rings. The average Bonchev–Trinajstić information content (AvgIpc) is 2.83. The van der Waals surface area contributed by atoms with E-state index >= 15 is 0 Å². The first-order valence-electron chi connectivity index (χ1n) is 5.96. The van der Waals surface area contributed by atoms with E-state index in [1.54, 1.807) is 24.5 Å². The molecule has 0 saturated heterocycles. The van der Waals surface area contributed by atoms with Crippen LogP contribution in [0.4, 0.5) is 0 Å². The molecule has 4 heteroatoms. The van der Waals surface area contributed by atoms with Crippen LogP contribution in [0.1, 0.15) is 15.9 Å². The number of fused-ring (bicyclic) bond motifs is 1. The Kier molecular flexibility index (Phi) is 2.76. The molecule has 19 heavy (non-hydrogen) atoms. The zero-order valence-corrected chi connectivity index (χ0v) is 10.2. The Labute approximate surface area is 109 Å². The molecule has 3 rings (SSSR count). The molecular weight excluding hydrogens is 240 g/mol. The summed E-state index contributed by atoms with van der Waals surface area (Å²) in [5.41, 5.74) is 2.12. The monoisotopic (exact) mass is 252 g/mol. The minimum absolute atomic E-state index is 0.325. The highest BCUT2D eigenvalue weighted by atomic mass is 16.4. The van der Waals surface area contributed by atoms with Gasteiger partial charge >= 0.3 is 5.97 Å². The summed E-state index contributed by atoms with van der Waals surface area (Å²) in [5.74, 6) is -0.906. The highest BCUT2D eigenvalue weighted by Crippen LogP contribution is 2.21. The first kappa shape index (κ1) is 11.5. The van der Waals surface area contributed by atoms with Crippen LogP contribution in [0.2, 0.25) is 0 Å². The summed E-state index contributed by atoms with van der Waals surface area (Å²) in [6.45, 7) is 0.613. The van der Waals surface area contributed by atoms with Crippen molar-refractivity contribution in [3.63, 3.8) is 0 Å². The fourth-order valence-corrected chi connectivity index (χ4v) is 2.25. The fourth-order valence-electron chi connectivity index (χ4n) is 2.25. The lowest BCUT2D eigenvalue weighted by Crippen LogP contribution is -2.04. The van der Waals surface area contributed by atoms with E-state index in [0.29, 0.717) is 12.1 Å². The number of aromatic carboxylic acids is 1. The Hall–Kier alpha value is -2.62. The van der Waals surface area contributed by atoms with Crippen molar-refractivity contribution < 1.29 is 9.90 Å². The maximum Gasteiger partial charge on any atom is 0.337 e. The van der Waals surface area contributed by atoms with Crippen molar-refractivity contribution in [2.24, 2.45) is 0 Å². The number of hydrogen-bond donors (Lipinski definition) is 1. The number of carboxylic acids is 1. The third kappa shape index (κ3) is 2.08. The number of nitrogens with zero attached hydrogens (tertiary/aromatic N) is 2. The van der Waals surface area contributed by atoms with Gasteiger partial charge in [0, 0.05) is 30.5 Å². The summed E-state index contributed by atoms with van der Waals surface area (Å²) in [6.07, 6.45) is 5.42. The molecule has 0 saturated carbocycles. The van der Waals surface area contributed by atoms with Crippen molar-refractivity contribution in [2.45, 2.75) is 6.54 Å². The summed E-state index contributed by atoms with van der Waals surface area (Å²) in [6, 6.07) is 11.1. The van der Waals surface area contributed by atoms with Crippen LogP contribution in [0.25, 0.3) is 10.9 Å². The van der Waals surface area contributed by atoms with E-state index in [2.05, 4.69) is 4.98 Å². The van der Waals surface area contributed by atoms with Crippen molar-refractivity contribution in [3.05, 3.63) is 66.1 Å². The topological polar surface area (TPSA) is 55.1 Å². The number of carboxylic acid groups (broad SMARTS) is 1. The smallest absolute Gasteiger partial charge is 0.337 e. The zero-order chi connectivity index (χ0) is 13.2. The number of carbonyl (C=O) groups is 1. The molecule has 0 amide bonds. The van der Waals surface area contributed by atoms with Gasteiger partial charge in [-0.2, -0.15) is 0 Å². The normalized spacial score (nSPS) is 10.7. The van der Waals surface area contributed by atoms with E-state index in [9.17, 15) is 9.90 Å². The van der Waals surface area contributed by atoms with E-state index in [4.69, 9.17) is 0 Å². The van der Waals surface area contributed by atoms with Crippen LogP contribution in [-0.2, 0) is 6.54 Å². The Morgan fingerprint density at radius 3 is 2.84 bits per heavy atom. The molecule has 3 aromatic rings. The van der Waals surface area contributed by atoms with Crippen LogP contribution < -0.4 is 0 Å². The Bertz CT molecular complexity index is 732. The summed E-state index contributed by atoms with van der Waals surface area (Å²) >= 11 is 0. The molecule has 1 N–H and O–H groups in total. The van der Waals surface area contributed by atoms with Gasteiger partial charge in [-0.25, -0.2) is 4.79 Å². The first-order chi connectivity index (χ1) is 9.25. The van der Waals surface area contributed by atoms with Gasteiger partial charge in [0.25, 0.3) is 0 Å². The molecule has 2 heterocycles. The second-order valence-electron chi connectivity index (χ2n) is 4.35. The highest BCUT2D eigenvalue weighted by molar-refractivity contribution is 6.02. The lowest BCUT2D eigenvalue weighted by Gasteiger charge is -2.07. The van der Waals surface area contributed by atoms with Gasteiger partial charge in [-0.1, -0.05) is 18.2 Å². The van der Waals surface area contributed by atoms with E-state index in [0.717, 1.165) is 16.5 Å². The molecule has 0 unspecified atom stereocenters. The first-order valence-corrected chi connectivity index (χ1v) is 5.96. The van der Waals surface area contributed by atoms with E-state index < -0.39 is 5.97 Å². The van der Waals surface area contributed by atoms with Crippen molar-refractivity contribution in [1.29, 1.82) is 0 Å². The third-order valence-electron chi connectivity index (χ3n) is 3.09. The number of rotatable bonds is 3. The number of hydrogen-bond acceptors (Lipinski definition) is 2.